The first kappa shape index (κ1) is 106. The molecule has 137 heavy (non-hydrogen) atoms. The van der Waals surface area contributed by atoms with Gasteiger partial charge in [0.1, 0.15) is 63.2 Å². The van der Waals surface area contributed by atoms with Crippen molar-refractivity contribution in [1.29, 1.82) is 0 Å². The highest BCUT2D eigenvalue weighted by molar-refractivity contribution is 5.63. The first-order valence-corrected chi connectivity index (χ1v) is 45.0. The highest BCUT2D eigenvalue weighted by Gasteiger charge is 2.42. The number of phenols is 13. The van der Waals surface area contributed by atoms with Gasteiger partial charge in [-0.1, -0.05) is 359 Å². The highest BCUT2D eigenvalue weighted by Crippen LogP contribution is 2.52. The van der Waals surface area contributed by atoms with E-state index in [0.29, 0.717) is 11.5 Å². The maximum Gasteiger partial charge on any atom is 0.157 e. The third-order valence-electron chi connectivity index (χ3n) is 26.8. The van der Waals surface area contributed by atoms with Crippen LogP contribution in [0.15, 0.2) is 388 Å². The largest absolute Gasteiger partial charge is 0.508 e. The van der Waals surface area contributed by atoms with Gasteiger partial charge in [0.25, 0.3) is 0 Å². The second kappa shape index (κ2) is 44.4. The van der Waals surface area contributed by atoms with E-state index < -0.39 is 21.7 Å². The molecule has 1 saturated carbocycles. The lowest BCUT2D eigenvalue weighted by molar-refractivity contribution is 0.343. The van der Waals surface area contributed by atoms with E-state index in [4.69, 9.17) is 0 Å². The molecule has 0 aromatic heterocycles. The molecule has 0 heterocycles. The van der Waals surface area contributed by atoms with E-state index in [1.807, 2.05) is 188 Å². The number of phenolic OH excluding ortho intramolecular Hbond substituents is 13. The summed E-state index contributed by atoms with van der Waals surface area (Å²) in [6.45, 7) is 23.5. The summed E-state index contributed by atoms with van der Waals surface area (Å²) >= 11 is 0. The number of benzene rings is 16. The van der Waals surface area contributed by atoms with E-state index in [0.717, 1.165) is 102 Å². The average molecular weight is 1830 g/mol. The van der Waals surface area contributed by atoms with Crippen LogP contribution in [-0.4, -0.2) is 66.4 Å². The minimum Gasteiger partial charge on any atom is -0.508 e. The summed E-state index contributed by atoms with van der Waals surface area (Å²) in [6, 6.07) is 121. The van der Waals surface area contributed by atoms with Crippen LogP contribution < -0.4 is 0 Å². The molecule has 13 N–H and O–H groups in total. The summed E-state index contributed by atoms with van der Waals surface area (Å²) in [7, 11) is 0. The molecule has 13 nitrogen and oxygen atoms in total. The van der Waals surface area contributed by atoms with Crippen molar-refractivity contribution in [3.05, 3.63) is 494 Å². The zero-order chi connectivity index (χ0) is 95.3. The molecule has 16 aromatic carbocycles. The second-order valence-electron chi connectivity index (χ2n) is 37.7. The predicted octanol–water partition coefficient (Wildman–Crippen LogP) is 29.8. The summed E-state index contributed by atoms with van der Waals surface area (Å²) < 4.78 is 0. The average Bonchev–Trinajstić information content (AvgIpc) is 0.745. The quantitative estimate of drug-likeness (QED) is 0.0299. The molecule has 1 fully saturated rings. The van der Waals surface area contributed by atoms with Gasteiger partial charge in [-0.15, -0.1) is 0 Å². The maximum absolute atomic E-state index is 10.5. The Kier molecular flexibility index (Phi) is 34.2. The number of hydrogen-bond acceptors (Lipinski definition) is 13. The van der Waals surface area contributed by atoms with Crippen LogP contribution >= 0.6 is 0 Å². The summed E-state index contributed by atoms with van der Waals surface area (Å²) in [4.78, 5) is 0. The van der Waals surface area contributed by atoms with Gasteiger partial charge in [0.15, 0.2) is 11.5 Å². The Morgan fingerprint density at radius 1 is 0.182 bits per heavy atom. The first-order chi connectivity index (χ1) is 63.4. The van der Waals surface area contributed by atoms with E-state index in [9.17, 15) is 66.4 Å². The van der Waals surface area contributed by atoms with Crippen LogP contribution in [0.25, 0.3) is 0 Å². The fourth-order valence-corrected chi connectivity index (χ4v) is 18.7. The topological polar surface area (TPSA) is 263 Å². The zero-order valence-electron chi connectivity index (χ0n) is 77.3. The molecule has 1 aliphatic rings. The number of aromatic hydroxyl groups is 13. The molecule has 0 bridgehead atoms. The lowest BCUT2D eigenvalue weighted by Gasteiger charge is -2.40. The lowest BCUT2D eigenvalue weighted by Crippen LogP contribution is -2.31. The molecule has 0 spiro atoms. The molecule has 17 rings (SSSR count). The Morgan fingerprint density at radius 2 is 0.380 bits per heavy atom. The first-order valence-electron chi connectivity index (χ1n) is 45.0. The van der Waals surface area contributed by atoms with Crippen molar-refractivity contribution >= 4 is 0 Å². The van der Waals surface area contributed by atoms with Crippen molar-refractivity contribution in [2.45, 2.75) is 181 Å². The van der Waals surface area contributed by atoms with Gasteiger partial charge in [-0.25, -0.2) is 0 Å². The zero-order valence-corrected chi connectivity index (χ0v) is 77.3. The summed E-state index contributed by atoms with van der Waals surface area (Å²) in [5, 5.41) is 128. The van der Waals surface area contributed by atoms with Crippen LogP contribution in [0.3, 0.4) is 0 Å². The summed E-state index contributed by atoms with van der Waals surface area (Å²) in [5.41, 5.74) is 17.8. The van der Waals surface area contributed by atoms with Crippen LogP contribution in [-0.2, 0) is 43.3 Å². The van der Waals surface area contributed by atoms with Crippen LogP contribution in [0.1, 0.15) is 244 Å². The Labute approximate surface area is 811 Å². The fraction of sp³-hybridized carbons (Fsp3) is 0.226. The summed E-state index contributed by atoms with van der Waals surface area (Å²) in [6.07, 6.45) is 5.90. The summed E-state index contributed by atoms with van der Waals surface area (Å²) in [5.74, 6) is 2.51. The van der Waals surface area contributed by atoms with Crippen molar-refractivity contribution in [2.75, 3.05) is 0 Å². The molecule has 1 unspecified atom stereocenters. The molecule has 0 radical (unpaired) electrons. The van der Waals surface area contributed by atoms with E-state index in [2.05, 4.69) is 149 Å². The molecule has 0 amide bonds. The monoisotopic (exact) mass is 1830 g/mol. The maximum atomic E-state index is 10.5. The molecular weight excluding hydrogens is 1700 g/mol. The molecule has 13 heteroatoms. The van der Waals surface area contributed by atoms with Gasteiger partial charge in [0.2, 0.25) is 0 Å². The van der Waals surface area contributed by atoms with Gasteiger partial charge in [-0.05, 0) is 284 Å². The van der Waals surface area contributed by atoms with Crippen LogP contribution in [0.5, 0.6) is 74.7 Å². The molecular formula is C124H136O13. The molecule has 1 atom stereocenters. The highest BCUT2D eigenvalue weighted by atomic mass is 16.3. The van der Waals surface area contributed by atoms with Gasteiger partial charge in [0, 0.05) is 27.1 Å². The smallest absolute Gasteiger partial charge is 0.157 e. The van der Waals surface area contributed by atoms with Crippen molar-refractivity contribution in [3.63, 3.8) is 0 Å². The van der Waals surface area contributed by atoms with Crippen molar-refractivity contribution in [3.8, 4) is 74.7 Å². The number of hydrogen-bond donors (Lipinski definition) is 13. The van der Waals surface area contributed by atoms with Crippen LogP contribution in [0.2, 0.25) is 0 Å². The van der Waals surface area contributed by atoms with Gasteiger partial charge in [0.05, 0.1) is 5.41 Å². The van der Waals surface area contributed by atoms with E-state index >= 15 is 0 Å². The predicted molar refractivity (Wildman–Crippen MR) is 561 cm³/mol. The van der Waals surface area contributed by atoms with E-state index in [1.165, 1.54) is 42.0 Å². The van der Waals surface area contributed by atoms with Gasteiger partial charge >= 0.3 is 0 Å². The second-order valence-corrected chi connectivity index (χ2v) is 37.7. The minimum atomic E-state index is -0.566. The standard InChI is InChI=1S/C29H28O3.C26H36O2.C25H20O2.2C20H18O3.4CH4/c1-28(2,21-8-14-25(30)15-9-21)20-4-6-22(7-5-20)29(3,23-10-16-26(31)17-11-23)24-12-18-27(32)19-13-24;1-24(2,3)20-16-18(10-12-22(20)27)26(14-8-7-9-15-26)19-11-13-23(28)21(17-19)25(4,5)6;26-23-15-11-21(12-16-23)25(19-7-3-1-4-8-19,20-9-5-2-6-10-20)22-13-17-24(27)18-14-22;1-20(14-2-8-17(21)9-3-14,15-4-10-18(22)11-5-15)16-6-12-19(23)13-7-16;1-20(14-5-3-2-4-6-14,15-7-10-17(21)11-8-15)16-9-12-18(22)19(23)13-16;;;;/h4-19,30-32H,1-3H3;10-13,16-17,27-28H,7-9,14-15H2,1-6H3;1-18,26-27H;2*2-13,21-23H,1H3;4*1H4. The Bertz CT molecular complexity index is 6180. The van der Waals surface area contributed by atoms with E-state index in [-0.39, 0.29) is 115 Å². The molecule has 0 saturated heterocycles. The normalized spacial score (nSPS) is 12.8. The third-order valence-corrected chi connectivity index (χ3v) is 26.8. The lowest BCUT2D eigenvalue weighted by atomic mass is 9.64. The van der Waals surface area contributed by atoms with Gasteiger partial charge in [-0.3, -0.25) is 0 Å². The van der Waals surface area contributed by atoms with Crippen molar-refractivity contribution in [2.24, 2.45) is 0 Å². The van der Waals surface area contributed by atoms with E-state index in [1.54, 1.807) is 121 Å². The van der Waals surface area contributed by atoms with Crippen LogP contribution in [0, 0.1) is 0 Å². The van der Waals surface area contributed by atoms with Gasteiger partial charge in [-0.2, -0.15) is 0 Å². The molecule has 710 valence electrons. The Hall–Kier alpha value is -15.1. The van der Waals surface area contributed by atoms with Gasteiger partial charge < -0.3 is 66.4 Å². The fourth-order valence-electron chi connectivity index (χ4n) is 18.7. The molecule has 16 aromatic rings. The van der Waals surface area contributed by atoms with Crippen LogP contribution in [0.4, 0.5) is 0 Å². The Balaban J connectivity index is 0.000000191. The minimum absolute atomic E-state index is 0. The SMILES string of the molecule is C.C.C.C.CC(C)(C)c1cc(C2(c3ccc(O)c(C(C)(C)C)c3)CCCCC2)ccc1O.CC(C)(c1ccc(O)cc1)c1ccc(C(C)(c2ccc(O)cc2)c2ccc(O)cc2)cc1.CC(c1ccc(O)cc1)(c1ccc(O)cc1)c1ccc(O)cc1.CC(c1ccccc1)(c1ccc(O)cc1)c1ccc(O)c(O)c1.Oc1ccc(C(c2ccccc2)(c2ccccc2)c2ccc(O)cc2)cc1. The third kappa shape index (κ3) is 23.1. The number of rotatable bonds is 17. The molecule has 0 aliphatic heterocycles. The van der Waals surface area contributed by atoms with Crippen molar-refractivity contribution in [1.82, 2.24) is 0 Å². The van der Waals surface area contributed by atoms with Crippen molar-refractivity contribution < 1.29 is 66.4 Å². The molecule has 1 aliphatic carbocycles. The Morgan fingerprint density at radius 3 is 0.635 bits per heavy atom.